The lowest BCUT2D eigenvalue weighted by Gasteiger charge is -2.10. The van der Waals surface area contributed by atoms with E-state index in [0.717, 1.165) is 5.69 Å². The third kappa shape index (κ3) is 5.41. The number of anilines is 1. The Bertz CT molecular complexity index is 1300. The second-order valence-corrected chi connectivity index (χ2v) is 7.41. The second-order valence-electron chi connectivity index (χ2n) is 6.69. The molecule has 0 radical (unpaired) electrons. The van der Waals surface area contributed by atoms with E-state index in [1.807, 2.05) is 29.6 Å². The molecule has 0 unspecified atom stereocenters. The highest BCUT2D eigenvalue weighted by Gasteiger charge is 2.17. The number of nitrogens with zero attached hydrogens (tertiary/aromatic N) is 4. The molecule has 4 rings (SSSR count). The lowest BCUT2D eigenvalue weighted by atomic mass is 10.2. The predicted molar refractivity (Wildman–Crippen MR) is 120 cm³/mol. The summed E-state index contributed by atoms with van der Waals surface area (Å²) in [5.74, 6) is -0.607. The van der Waals surface area contributed by atoms with Gasteiger partial charge in [-0.1, -0.05) is 24.3 Å². The number of benzene rings is 2. The van der Waals surface area contributed by atoms with Crippen LogP contribution >= 0.6 is 11.3 Å². The number of amides is 1. The SMILES string of the molecule is N#Cc1cnn(-c2ccccc2)c1NC(=O)COC(=O)c1cccc(OCc2cscn2)c1. The first kappa shape index (κ1) is 21.7. The molecule has 2 aromatic heterocycles. The number of hydrogen-bond donors (Lipinski definition) is 1. The summed E-state index contributed by atoms with van der Waals surface area (Å²) in [5, 5.41) is 18.0. The van der Waals surface area contributed by atoms with Gasteiger partial charge in [0.1, 0.15) is 24.0 Å². The van der Waals surface area contributed by atoms with E-state index in [2.05, 4.69) is 15.4 Å². The van der Waals surface area contributed by atoms with E-state index < -0.39 is 18.5 Å². The van der Waals surface area contributed by atoms with Crippen molar-refractivity contribution in [1.82, 2.24) is 14.8 Å². The molecular weight excluding hydrogens is 442 g/mol. The van der Waals surface area contributed by atoms with Crippen LogP contribution < -0.4 is 10.1 Å². The zero-order valence-electron chi connectivity index (χ0n) is 17.2. The third-order valence-corrected chi connectivity index (χ3v) is 5.06. The molecule has 0 saturated heterocycles. The maximum absolute atomic E-state index is 12.4. The molecule has 0 aliphatic rings. The fourth-order valence-electron chi connectivity index (χ4n) is 2.88. The number of hydrogen-bond acceptors (Lipinski definition) is 8. The van der Waals surface area contributed by atoms with Crippen LogP contribution in [0.4, 0.5) is 5.82 Å². The van der Waals surface area contributed by atoms with Gasteiger partial charge in [-0.15, -0.1) is 11.3 Å². The van der Waals surface area contributed by atoms with Crippen molar-refractivity contribution in [3.8, 4) is 17.5 Å². The fraction of sp³-hybridized carbons (Fsp3) is 0.0870. The van der Waals surface area contributed by atoms with Gasteiger partial charge < -0.3 is 14.8 Å². The van der Waals surface area contributed by atoms with Gasteiger partial charge in [-0.25, -0.2) is 14.5 Å². The zero-order chi connectivity index (χ0) is 23.0. The molecule has 33 heavy (non-hydrogen) atoms. The Hall–Kier alpha value is -4.49. The van der Waals surface area contributed by atoms with Gasteiger partial charge in [0.15, 0.2) is 12.4 Å². The molecule has 0 aliphatic carbocycles. The van der Waals surface area contributed by atoms with Crippen LogP contribution in [0.5, 0.6) is 5.75 Å². The molecule has 10 heteroatoms. The maximum Gasteiger partial charge on any atom is 0.338 e. The summed E-state index contributed by atoms with van der Waals surface area (Å²) >= 11 is 1.47. The zero-order valence-corrected chi connectivity index (χ0v) is 18.0. The average molecular weight is 459 g/mol. The summed E-state index contributed by atoms with van der Waals surface area (Å²) in [6, 6.07) is 17.5. The van der Waals surface area contributed by atoms with Crippen molar-refractivity contribution in [2.45, 2.75) is 6.61 Å². The minimum atomic E-state index is -0.679. The highest BCUT2D eigenvalue weighted by atomic mass is 32.1. The van der Waals surface area contributed by atoms with Crippen LogP contribution in [0.1, 0.15) is 21.6 Å². The molecule has 4 aromatic rings. The smallest absolute Gasteiger partial charge is 0.338 e. The maximum atomic E-state index is 12.4. The van der Waals surface area contributed by atoms with Crippen molar-refractivity contribution >= 4 is 29.0 Å². The molecular formula is C23H17N5O4S. The van der Waals surface area contributed by atoms with Gasteiger partial charge in [0.25, 0.3) is 5.91 Å². The number of thiazole rings is 1. The number of nitriles is 1. The topological polar surface area (TPSA) is 119 Å². The molecule has 2 aromatic carbocycles. The van der Waals surface area contributed by atoms with Crippen molar-refractivity contribution in [1.29, 1.82) is 5.26 Å². The number of carbonyl (C=O) groups is 2. The quantitative estimate of drug-likeness (QED) is 0.400. The molecule has 2 heterocycles. The van der Waals surface area contributed by atoms with Gasteiger partial charge in [-0.2, -0.15) is 10.4 Å². The van der Waals surface area contributed by atoms with Crippen LogP contribution in [0, 0.1) is 11.3 Å². The van der Waals surface area contributed by atoms with E-state index in [9.17, 15) is 14.9 Å². The van der Waals surface area contributed by atoms with Crippen molar-refractivity contribution in [3.63, 3.8) is 0 Å². The minimum absolute atomic E-state index is 0.184. The Kier molecular flexibility index (Phi) is 6.73. The van der Waals surface area contributed by atoms with Gasteiger partial charge in [-0.3, -0.25) is 4.79 Å². The predicted octanol–water partition coefficient (Wildman–Crippen LogP) is 3.57. The summed E-state index contributed by atoms with van der Waals surface area (Å²) < 4.78 is 12.2. The molecule has 0 atom stereocenters. The molecule has 0 spiro atoms. The second kappa shape index (κ2) is 10.2. The molecule has 0 fully saturated rings. The number of carbonyl (C=O) groups excluding carboxylic acids is 2. The van der Waals surface area contributed by atoms with E-state index in [1.54, 1.807) is 35.8 Å². The first-order chi connectivity index (χ1) is 16.1. The number of rotatable bonds is 8. The lowest BCUT2D eigenvalue weighted by molar-refractivity contribution is -0.119. The van der Waals surface area contributed by atoms with E-state index in [1.165, 1.54) is 28.3 Å². The summed E-state index contributed by atoms with van der Waals surface area (Å²) in [6.07, 6.45) is 1.35. The number of ether oxygens (including phenoxy) is 2. The Morgan fingerprint density at radius 3 is 2.76 bits per heavy atom. The first-order valence-electron chi connectivity index (χ1n) is 9.74. The molecule has 0 aliphatic heterocycles. The standard InChI is InChI=1S/C23H17N5O4S/c24-10-17-11-26-28(19-6-2-1-3-7-19)22(17)27-21(29)13-32-23(30)16-5-4-8-20(9-16)31-12-18-14-33-15-25-18/h1-9,11,14-15H,12-13H2,(H,27,29). The number of esters is 1. The largest absolute Gasteiger partial charge is 0.487 e. The highest BCUT2D eigenvalue weighted by molar-refractivity contribution is 7.07. The third-order valence-electron chi connectivity index (χ3n) is 4.42. The van der Waals surface area contributed by atoms with Crippen LogP contribution in [-0.2, 0) is 16.1 Å². The van der Waals surface area contributed by atoms with Crippen LogP contribution in [-0.4, -0.2) is 33.2 Å². The van der Waals surface area contributed by atoms with Gasteiger partial charge in [0.05, 0.1) is 28.7 Å². The average Bonchev–Trinajstić information content (AvgIpc) is 3.52. The van der Waals surface area contributed by atoms with Crippen LogP contribution in [0.25, 0.3) is 5.69 Å². The lowest BCUT2D eigenvalue weighted by Crippen LogP contribution is -2.23. The molecule has 164 valence electrons. The van der Waals surface area contributed by atoms with E-state index >= 15 is 0 Å². The van der Waals surface area contributed by atoms with Crippen molar-refractivity contribution in [3.05, 3.63) is 88.5 Å². The highest BCUT2D eigenvalue weighted by Crippen LogP contribution is 2.20. The van der Waals surface area contributed by atoms with Crippen LogP contribution in [0.15, 0.2) is 71.7 Å². The first-order valence-corrected chi connectivity index (χ1v) is 10.7. The molecule has 1 N–H and O–H groups in total. The summed E-state index contributed by atoms with van der Waals surface area (Å²) in [5.41, 5.74) is 3.59. The van der Waals surface area contributed by atoms with Gasteiger partial charge in [0.2, 0.25) is 0 Å². The Labute approximate surface area is 192 Å². The molecule has 0 saturated carbocycles. The van der Waals surface area contributed by atoms with Gasteiger partial charge in [-0.05, 0) is 30.3 Å². The van der Waals surface area contributed by atoms with Crippen LogP contribution in [0.2, 0.25) is 0 Å². The Morgan fingerprint density at radius 1 is 1.15 bits per heavy atom. The number of aromatic nitrogens is 3. The van der Waals surface area contributed by atoms with E-state index in [0.29, 0.717) is 11.4 Å². The van der Waals surface area contributed by atoms with E-state index in [4.69, 9.17) is 9.47 Å². The summed E-state index contributed by atoms with van der Waals surface area (Å²) in [7, 11) is 0. The fourth-order valence-corrected chi connectivity index (χ4v) is 3.42. The molecule has 0 bridgehead atoms. The normalized spacial score (nSPS) is 10.3. The van der Waals surface area contributed by atoms with Crippen molar-refractivity contribution in [2.24, 2.45) is 0 Å². The van der Waals surface area contributed by atoms with Crippen molar-refractivity contribution < 1.29 is 19.1 Å². The van der Waals surface area contributed by atoms with Gasteiger partial charge in [0, 0.05) is 5.38 Å². The Morgan fingerprint density at radius 2 is 2.00 bits per heavy atom. The summed E-state index contributed by atoms with van der Waals surface area (Å²) in [4.78, 5) is 29.0. The number of nitrogens with one attached hydrogen (secondary N) is 1. The van der Waals surface area contributed by atoms with E-state index in [-0.39, 0.29) is 23.6 Å². The molecule has 1 amide bonds. The van der Waals surface area contributed by atoms with Crippen LogP contribution in [0.3, 0.4) is 0 Å². The monoisotopic (exact) mass is 459 g/mol. The number of para-hydroxylation sites is 1. The molecule has 9 nitrogen and oxygen atoms in total. The van der Waals surface area contributed by atoms with Crippen molar-refractivity contribution in [2.75, 3.05) is 11.9 Å². The summed E-state index contributed by atoms with van der Waals surface area (Å²) in [6.45, 7) is -0.256. The Balaban J connectivity index is 1.37. The minimum Gasteiger partial charge on any atom is -0.487 e. The van der Waals surface area contributed by atoms with Gasteiger partial charge >= 0.3 is 5.97 Å².